The van der Waals surface area contributed by atoms with Crippen LogP contribution in [0.3, 0.4) is 0 Å². The first kappa shape index (κ1) is 12.6. The van der Waals surface area contributed by atoms with Crippen LogP contribution in [0.1, 0.15) is 5.56 Å². The molecule has 0 atom stereocenters. The Morgan fingerprint density at radius 3 is 2.50 bits per heavy atom. The Kier molecular flexibility index (Phi) is 3.66. The minimum atomic E-state index is -0.519. The number of hydrogen-bond acceptors (Lipinski definition) is 3. The molecule has 0 saturated carbocycles. The van der Waals surface area contributed by atoms with Crippen LogP contribution in [0, 0.1) is 17.1 Å². The fourth-order valence-electron chi connectivity index (χ4n) is 1.36. The fourth-order valence-corrected chi connectivity index (χ4v) is 1.91. The molecular weight excluding hydrogens is 276 g/mol. The Morgan fingerprint density at radius 2 is 1.89 bits per heavy atom. The maximum absolute atomic E-state index is 13.0. The Morgan fingerprint density at radius 1 is 1.22 bits per heavy atom. The zero-order chi connectivity index (χ0) is 13.1. The van der Waals surface area contributed by atoms with Gasteiger partial charge in [-0.25, -0.2) is 9.37 Å². The van der Waals surface area contributed by atoms with E-state index >= 15 is 0 Å². The van der Waals surface area contributed by atoms with Gasteiger partial charge < -0.3 is 5.32 Å². The van der Waals surface area contributed by atoms with Gasteiger partial charge in [0.05, 0.1) is 27.4 Å². The molecule has 1 heterocycles. The lowest BCUT2D eigenvalue weighted by atomic mass is 10.2. The van der Waals surface area contributed by atoms with Gasteiger partial charge in [0, 0.05) is 6.20 Å². The van der Waals surface area contributed by atoms with Gasteiger partial charge in [-0.05, 0) is 24.3 Å². The minimum Gasteiger partial charge on any atom is -0.338 e. The van der Waals surface area contributed by atoms with Crippen molar-refractivity contribution >= 4 is 34.7 Å². The molecule has 0 aliphatic rings. The molecule has 0 fully saturated rings. The molecule has 0 radical (unpaired) electrons. The molecule has 0 aliphatic heterocycles. The number of halogens is 3. The Hall–Kier alpha value is -1.83. The standard InChI is InChI=1S/C12H6Cl2FN3/c13-9-4-8(15)5-10(14)12(9)18-11-3-7(6-16)1-2-17-11/h1-5H,(H,17,18). The largest absolute Gasteiger partial charge is 0.338 e. The third kappa shape index (κ3) is 2.70. The molecular formula is C12H6Cl2FN3. The molecule has 18 heavy (non-hydrogen) atoms. The van der Waals surface area contributed by atoms with Gasteiger partial charge in [-0.1, -0.05) is 23.2 Å². The Bertz CT molecular complexity index is 614. The Balaban J connectivity index is 2.37. The number of aromatic nitrogens is 1. The molecule has 0 unspecified atom stereocenters. The van der Waals surface area contributed by atoms with E-state index in [0.717, 1.165) is 12.1 Å². The van der Waals surface area contributed by atoms with Crippen molar-refractivity contribution in [1.29, 1.82) is 5.26 Å². The second kappa shape index (κ2) is 5.21. The molecule has 2 aromatic rings. The van der Waals surface area contributed by atoms with Crippen LogP contribution in [-0.2, 0) is 0 Å². The molecule has 0 aliphatic carbocycles. The average molecular weight is 282 g/mol. The smallest absolute Gasteiger partial charge is 0.131 e. The highest BCUT2D eigenvalue weighted by Crippen LogP contribution is 2.33. The van der Waals surface area contributed by atoms with Crippen LogP contribution in [0.25, 0.3) is 0 Å². The number of nitrogens with zero attached hydrogens (tertiary/aromatic N) is 2. The first-order chi connectivity index (χ1) is 8.60. The maximum Gasteiger partial charge on any atom is 0.131 e. The summed E-state index contributed by atoms with van der Waals surface area (Å²) in [4.78, 5) is 4.01. The lowest BCUT2D eigenvalue weighted by Crippen LogP contribution is -1.96. The van der Waals surface area contributed by atoms with E-state index in [1.807, 2.05) is 6.07 Å². The molecule has 1 aromatic carbocycles. The second-order valence-electron chi connectivity index (χ2n) is 3.41. The highest BCUT2D eigenvalue weighted by Gasteiger charge is 2.09. The van der Waals surface area contributed by atoms with E-state index in [4.69, 9.17) is 28.5 Å². The molecule has 1 N–H and O–H groups in total. The second-order valence-corrected chi connectivity index (χ2v) is 4.23. The van der Waals surface area contributed by atoms with E-state index in [1.54, 1.807) is 6.07 Å². The molecule has 6 heteroatoms. The third-order valence-corrected chi connectivity index (χ3v) is 2.75. The van der Waals surface area contributed by atoms with Gasteiger partial charge in [0.25, 0.3) is 0 Å². The van der Waals surface area contributed by atoms with E-state index in [1.165, 1.54) is 12.3 Å². The van der Waals surface area contributed by atoms with Crippen LogP contribution < -0.4 is 5.32 Å². The topological polar surface area (TPSA) is 48.7 Å². The summed E-state index contributed by atoms with van der Waals surface area (Å²) < 4.78 is 13.0. The minimum absolute atomic E-state index is 0.143. The molecule has 90 valence electrons. The summed E-state index contributed by atoms with van der Waals surface area (Å²) >= 11 is 11.8. The average Bonchev–Trinajstić information content (AvgIpc) is 2.34. The quantitative estimate of drug-likeness (QED) is 0.900. The van der Waals surface area contributed by atoms with Gasteiger partial charge in [0.15, 0.2) is 0 Å². The van der Waals surface area contributed by atoms with Crippen molar-refractivity contribution in [3.05, 3.63) is 51.9 Å². The number of nitrogens with one attached hydrogen (secondary N) is 1. The summed E-state index contributed by atoms with van der Waals surface area (Å²) in [5, 5.41) is 11.9. The van der Waals surface area contributed by atoms with Gasteiger partial charge in [-0.3, -0.25) is 0 Å². The number of anilines is 2. The molecule has 0 saturated heterocycles. The summed E-state index contributed by atoms with van der Waals surface area (Å²) in [5.41, 5.74) is 0.796. The maximum atomic E-state index is 13.0. The first-order valence-electron chi connectivity index (χ1n) is 4.88. The summed E-state index contributed by atoms with van der Waals surface area (Å²) in [5.74, 6) is -0.112. The lowest BCUT2D eigenvalue weighted by molar-refractivity contribution is 0.628. The van der Waals surface area contributed by atoms with E-state index < -0.39 is 5.82 Å². The van der Waals surface area contributed by atoms with Crippen molar-refractivity contribution in [1.82, 2.24) is 4.98 Å². The zero-order valence-corrected chi connectivity index (χ0v) is 10.4. The monoisotopic (exact) mass is 281 g/mol. The van der Waals surface area contributed by atoms with Crippen LogP contribution in [0.4, 0.5) is 15.9 Å². The van der Waals surface area contributed by atoms with Gasteiger partial charge >= 0.3 is 0 Å². The molecule has 1 aromatic heterocycles. The normalized spacial score (nSPS) is 9.89. The van der Waals surface area contributed by atoms with Crippen LogP contribution in [0.2, 0.25) is 10.0 Å². The highest BCUT2D eigenvalue weighted by atomic mass is 35.5. The van der Waals surface area contributed by atoms with E-state index in [0.29, 0.717) is 17.1 Å². The van der Waals surface area contributed by atoms with Gasteiger partial charge in [-0.15, -0.1) is 0 Å². The van der Waals surface area contributed by atoms with Crippen LogP contribution in [0.15, 0.2) is 30.5 Å². The van der Waals surface area contributed by atoms with Gasteiger partial charge in [0.1, 0.15) is 11.6 Å². The molecule has 3 nitrogen and oxygen atoms in total. The van der Waals surface area contributed by atoms with E-state index in [9.17, 15) is 4.39 Å². The van der Waals surface area contributed by atoms with Crippen molar-refractivity contribution in [3.63, 3.8) is 0 Å². The summed E-state index contributed by atoms with van der Waals surface area (Å²) in [7, 11) is 0. The fraction of sp³-hybridized carbons (Fsp3) is 0. The lowest BCUT2D eigenvalue weighted by Gasteiger charge is -2.09. The number of nitriles is 1. The summed E-state index contributed by atoms with van der Waals surface area (Å²) in [6, 6.07) is 7.38. The van der Waals surface area contributed by atoms with Crippen molar-refractivity contribution in [2.45, 2.75) is 0 Å². The number of pyridine rings is 1. The molecule has 2 rings (SSSR count). The number of benzene rings is 1. The van der Waals surface area contributed by atoms with Gasteiger partial charge in [0.2, 0.25) is 0 Å². The highest BCUT2D eigenvalue weighted by molar-refractivity contribution is 6.39. The van der Waals surface area contributed by atoms with Crippen LogP contribution >= 0.6 is 23.2 Å². The van der Waals surface area contributed by atoms with Crippen molar-refractivity contribution in [2.75, 3.05) is 5.32 Å². The first-order valence-corrected chi connectivity index (χ1v) is 5.63. The van der Waals surface area contributed by atoms with Crippen molar-refractivity contribution < 1.29 is 4.39 Å². The SMILES string of the molecule is N#Cc1ccnc(Nc2c(Cl)cc(F)cc2Cl)c1. The zero-order valence-electron chi connectivity index (χ0n) is 8.92. The summed E-state index contributed by atoms with van der Waals surface area (Å²) in [6.07, 6.45) is 1.48. The Labute approximate surface area is 113 Å². The predicted octanol–water partition coefficient (Wildman–Crippen LogP) is 4.14. The summed E-state index contributed by atoms with van der Waals surface area (Å²) in [6.45, 7) is 0. The number of rotatable bonds is 2. The van der Waals surface area contributed by atoms with Crippen LogP contribution in [-0.4, -0.2) is 4.98 Å². The van der Waals surface area contributed by atoms with Crippen molar-refractivity contribution in [2.24, 2.45) is 0 Å². The molecule has 0 spiro atoms. The van der Waals surface area contributed by atoms with Crippen molar-refractivity contribution in [3.8, 4) is 6.07 Å². The van der Waals surface area contributed by atoms with E-state index in [-0.39, 0.29) is 10.0 Å². The predicted molar refractivity (Wildman–Crippen MR) is 68.7 cm³/mol. The van der Waals surface area contributed by atoms with E-state index in [2.05, 4.69) is 10.3 Å². The molecule has 0 amide bonds. The van der Waals surface area contributed by atoms with Gasteiger partial charge in [-0.2, -0.15) is 5.26 Å². The number of hydrogen-bond donors (Lipinski definition) is 1. The molecule has 0 bridgehead atoms. The van der Waals surface area contributed by atoms with Crippen LogP contribution in [0.5, 0.6) is 0 Å². The third-order valence-electron chi connectivity index (χ3n) is 2.15.